The Bertz CT molecular complexity index is 929. The summed E-state index contributed by atoms with van der Waals surface area (Å²) in [5, 5.41) is 4.12. The van der Waals surface area contributed by atoms with E-state index in [0.717, 1.165) is 34.5 Å². The van der Waals surface area contributed by atoms with E-state index in [4.69, 9.17) is 4.52 Å². The molecule has 0 spiro atoms. The van der Waals surface area contributed by atoms with Gasteiger partial charge in [0, 0.05) is 30.8 Å². The Hall–Kier alpha value is -2.95. The third kappa shape index (κ3) is 3.82. The molecular weight excluding hydrogens is 329 g/mol. The van der Waals surface area contributed by atoms with Crippen LogP contribution in [0.15, 0.2) is 52.0 Å². The monoisotopic (exact) mass is 351 g/mol. The van der Waals surface area contributed by atoms with Gasteiger partial charge in [0.1, 0.15) is 11.5 Å². The standard InChI is InChI=1S/C21H22FN3O/c1-5-25(4)13-23-19-11-14(2)18(10-15(19)3)21-12-20(24-26-21)16-6-8-17(22)9-7-16/h6-13H,5H2,1-4H3. The molecule has 26 heavy (non-hydrogen) atoms. The number of benzene rings is 2. The minimum absolute atomic E-state index is 0.270. The van der Waals surface area contributed by atoms with Gasteiger partial charge in [0.15, 0.2) is 5.76 Å². The molecule has 0 saturated carbocycles. The third-order valence-corrected chi connectivity index (χ3v) is 4.35. The van der Waals surface area contributed by atoms with Crippen molar-refractivity contribution in [1.82, 2.24) is 10.1 Å². The van der Waals surface area contributed by atoms with E-state index in [1.54, 1.807) is 12.1 Å². The van der Waals surface area contributed by atoms with Crippen LogP contribution in [0.2, 0.25) is 0 Å². The molecule has 0 N–H and O–H groups in total. The topological polar surface area (TPSA) is 41.6 Å². The Balaban J connectivity index is 1.91. The number of hydrogen-bond donors (Lipinski definition) is 0. The first-order valence-corrected chi connectivity index (χ1v) is 8.56. The number of aromatic nitrogens is 1. The molecule has 0 atom stereocenters. The van der Waals surface area contributed by atoms with Crippen LogP contribution in [0.4, 0.5) is 10.1 Å². The zero-order valence-electron chi connectivity index (χ0n) is 15.5. The average molecular weight is 351 g/mol. The second kappa shape index (κ2) is 7.52. The molecule has 4 nitrogen and oxygen atoms in total. The molecule has 3 rings (SSSR count). The van der Waals surface area contributed by atoms with E-state index in [9.17, 15) is 4.39 Å². The normalized spacial score (nSPS) is 11.3. The van der Waals surface area contributed by atoms with Crippen molar-refractivity contribution in [3.05, 3.63) is 59.4 Å². The first kappa shape index (κ1) is 17.9. The maximum atomic E-state index is 13.1. The molecule has 0 unspecified atom stereocenters. The lowest BCUT2D eigenvalue weighted by atomic mass is 10.0. The molecule has 0 bridgehead atoms. The highest BCUT2D eigenvalue weighted by molar-refractivity contribution is 5.73. The predicted molar refractivity (Wildman–Crippen MR) is 103 cm³/mol. The lowest BCUT2D eigenvalue weighted by Gasteiger charge is -2.10. The van der Waals surface area contributed by atoms with Gasteiger partial charge in [0.05, 0.1) is 12.0 Å². The maximum Gasteiger partial charge on any atom is 0.167 e. The van der Waals surface area contributed by atoms with Crippen molar-refractivity contribution in [3.63, 3.8) is 0 Å². The van der Waals surface area contributed by atoms with Crippen LogP contribution in [0.3, 0.4) is 0 Å². The molecule has 134 valence electrons. The van der Waals surface area contributed by atoms with Gasteiger partial charge in [0.25, 0.3) is 0 Å². The van der Waals surface area contributed by atoms with Gasteiger partial charge in [-0.3, -0.25) is 0 Å². The van der Waals surface area contributed by atoms with E-state index in [-0.39, 0.29) is 5.82 Å². The van der Waals surface area contributed by atoms with Gasteiger partial charge in [0.2, 0.25) is 0 Å². The molecule has 2 aromatic carbocycles. The molecular formula is C21H22FN3O. The molecule has 0 amide bonds. The Kier molecular flexibility index (Phi) is 5.16. The molecule has 0 aliphatic heterocycles. The molecule has 0 radical (unpaired) electrons. The van der Waals surface area contributed by atoms with Gasteiger partial charge in [-0.05, 0) is 68.3 Å². The van der Waals surface area contributed by atoms with Gasteiger partial charge in [-0.2, -0.15) is 0 Å². The van der Waals surface area contributed by atoms with Crippen molar-refractivity contribution < 1.29 is 8.91 Å². The number of hydrogen-bond acceptors (Lipinski definition) is 3. The van der Waals surface area contributed by atoms with Crippen LogP contribution in [-0.4, -0.2) is 30.0 Å². The van der Waals surface area contributed by atoms with E-state index in [0.29, 0.717) is 11.5 Å². The van der Waals surface area contributed by atoms with E-state index >= 15 is 0 Å². The molecule has 0 aliphatic carbocycles. The Morgan fingerprint density at radius 2 is 1.85 bits per heavy atom. The van der Waals surface area contributed by atoms with Crippen molar-refractivity contribution in [2.45, 2.75) is 20.8 Å². The smallest absolute Gasteiger partial charge is 0.167 e. The SMILES string of the molecule is CCN(C)C=Nc1cc(C)c(-c2cc(-c3ccc(F)cc3)no2)cc1C. The van der Waals surface area contributed by atoms with Gasteiger partial charge < -0.3 is 9.42 Å². The van der Waals surface area contributed by atoms with Crippen LogP contribution in [0.5, 0.6) is 0 Å². The molecule has 0 aliphatic rings. The largest absolute Gasteiger partial charge is 0.366 e. The summed E-state index contributed by atoms with van der Waals surface area (Å²) < 4.78 is 18.6. The quantitative estimate of drug-likeness (QED) is 0.458. The van der Waals surface area contributed by atoms with Crippen molar-refractivity contribution in [2.75, 3.05) is 13.6 Å². The van der Waals surface area contributed by atoms with Crippen molar-refractivity contribution in [3.8, 4) is 22.6 Å². The zero-order chi connectivity index (χ0) is 18.7. The van der Waals surface area contributed by atoms with E-state index in [2.05, 4.69) is 23.1 Å². The summed E-state index contributed by atoms with van der Waals surface area (Å²) in [6.45, 7) is 7.04. The molecule has 3 aromatic rings. The lowest BCUT2D eigenvalue weighted by Crippen LogP contribution is -2.14. The number of aryl methyl sites for hydroxylation is 2. The third-order valence-electron chi connectivity index (χ3n) is 4.35. The number of rotatable bonds is 5. The van der Waals surface area contributed by atoms with E-state index in [1.807, 2.05) is 44.3 Å². The average Bonchev–Trinajstić information content (AvgIpc) is 3.12. The minimum Gasteiger partial charge on any atom is -0.366 e. The summed E-state index contributed by atoms with van der Waals surface area (Å²) >= 11 is 0. The van der Waals surface area contributed by atoms with Crippen LogP contribution < -0.4 is 0 Å². The van der Waals surface area contributed by atoms with Gasteiger partial charge in [-0.25, -0.2) is 9.38 Å². The summed E-state index contributed by atoms with van der Waals surface area (Å²) in [7, 11) is 1.99. The molecule has 0 saturated heterocycles. The fourth-order valence-corrected chi connectivity index (χ4v) is 2.61. The van der Waals surface area contributed by atoms with Crippen molar-refractivity contribution in [1.29, 1.82) is 0 Å². The van der Waals surface area contributed by atoms with Crippen LogP contribution in [0, 0.1) is 19.7 Å². The van der Waals surface area contributed by atoms with Crippen molar-refractivity contribution in [2.24, 2.45) is 4.99 Å². The van der Waals surface area contributed by atoms with E-state index in [1.165, 1.54) is 12.1 Å². The number of aliphatic imine (C=N–C) groups is 1. The summed E-state index contributed by atoms with van der Waals surface area (Å²) in [6.07, 6.45) is 1.84. The highest BCUT2D eigenvalue weighted by atomic mass is 19.1. The summed E-state index contributed by atoms with van der Waals surface area (Å²) in [5.74, 6) is 0.417. The van der Waals surface area contributed by atoms with Gasteiger partial charge in [-0.1, -0.05) is 5.16 Å². The first-order chi connectivity index (χ1) is 12.5. The zero-order valence-corrected chi connectivity index (χ0v) is 15.5. The van der Waals surface area contributed by atoms with E-state index < -0.39 is 0 Å². The number of nitrogens with zero attached hydrogens (tertiary/aromatic N) is 3. The minimum atomic E-state index is -0.270. The van der Waals surface area contributed by atoms with Crippen LogP contribution in [-0.2, 0) is 0 Å². The first-order valence-electron chi connectivity index (χ1n) is 8.56. The molecule has 5 heteroatoms. The highest BCUT2D eigenvalue weighted by Crippen LogP contribution is 2.32. The lowest BCUT2D eigenvalue weighted by molar-refractivity contribution is 0.434. The summed E-state index contributed by atoms with van der Waals surface area (Å²) in [5.41, 5.74) is 5.54. The Morgan fingerprint density at radius 1 is 1.12 bits per heavy atom. The molecule has 1 aromatic heterocycles. The summed E-state index contributed by atoms with van der Waals surface area (Å²) in [6, 6.07) is 12.2. The van der Waals surface area contributed by atoms with Gasteiger partial charge >= 0.3 is 0 Å². The molecule has 1 heterocycles. The number of halogens is 1. The Labute approximate surface area is 153 Å². The maximum absolute atomic E-state index is 13.1. The van der Waals surface area contributed by atoms with Crippen molar-refractivity contribution >= 4 is 12.0 Å². The predicted octanol–water partition coefficient (Wildman–Crippen LogP) is 5.38. The molecule has 0 fully saturated rings. The fraction of sp³-hybridized carbons (Fsp3) is 0.238. The fourth-order valence-electron chi connectivity index (χ4n) is 2.61. The highest BCUT2D eigenvalue weighted by Gasteiger charge is 2.13. The van der Waals surface area contributed by atoms with Crippen LogP contribution >= 0.6 is 0 Å². The van der Waals surface area contributed by atoms with Crippen LogP contribution in [0.25, 0.3) is 22.6 Å². The summed E-state index contributed by atoms with van der Waals surface area (Å²) in [4.78, 5) is 6.57. The Morgan fingerprint density at radius 3 is 2.54 bits per heavy atom. The van der Waals surface area contributed by atoms with Crippen LogP contribution in [0.1, 0.15) is 18.1 Å². The second-order valence-electron chi connectivity index (χ2n) is 6.35. The second-order valence-corrected chi connectivity index (χ2v) is 6.35. The van der Waals surface area contributed by atoms with Gasteiger partial charge in [-0.15, -0.1) is 0 Å².